The Balaban J connectivity index is 1.38. The summed E-state index contributed by atoms with van der Waals surface area (Å²) >= 11 is 1.57. The van der Waals surface area contributed by atoms with E-state index in [0.717, 1.165) is 51.8 Å². The molecule has 7 nitrogen and oxygen atoms in total. The fourth-order valence-corrected chi connectivity index (χ4v) is 5.28. The first kappa shape index (κ1) is 24.2. The molecule has 0 atom stereocenters. The van der Waals surface area contributed by atoms with E-state index < -0.39 is 0 Å². The number of aromatic nitrogens is 4. The molecule has 9 heteroatoms. The normalized spacial score (nSPS) is 14.0. The Bertz CT molecular complexity index is 1350. The van der Waals surface area contributed by atoms with Gasteiger partial charge in [0.25, 0.3) is 0 Å². The molecule has 1 aliphatic rings. The van der Waals surface area contributed by atoms with Gasteiger partial charge in [0.05, 0.1) is 22.5 Å². The van der Waals surface area contributed by atoms with Crippen LogP contribution in [0.25, 0.3) is 16.7 Å². The lowest BCUT2D eigenvalue weighted by Crippen LogP contribution is -2.49. The third-order valence-electron chi connectivity index (χ3n) is 6.31. The van der Waals surface area contributed by atoms with Crippen molar-refractivity contribution in [2.24, 2.45) is 0 Å². The monoisotopic (exact) mass is 504 g/mol. The number of nitrogens with zero attached hydrogens (tertiary/aromatic N) is 6. The first-order chi connectivity index (χ1) is 17.5. The van der Waals surface area contributed by atoms with E-state index in [4.69, 9.17) is 15.1 Å². The summed E-state index contributed by atoms with van der Waals surface area (Å²) in [6.07, 6.45) is 1.68. The number of carbonyl (C=O) groups excluding carboxylic acids is 1. The predicted octanol–water partition coefficient (Wildman–Crippen LogP) is 4.66. The molecule has 0 radical (unpaired) electrons. The highest BCUT2D eigenvalue weighted by Gasteiger charge is 2.26. The van der Waals surface area contributed by atoms with E-state index in [0.29, 0.717) is 31.9 Å². The molecule has 36 heavy (non-hydrogen) atoms. The average molecular weight is 505 g/mol. The molecule has 1 aliphatic heterocycles. The minimum Gasteiger partial charge on any atom is -0.352 e. The number of anilines is 1. The number of rotatable bonds is 7. The van der Waals surface area contributed by atoms with Crippen LogP contribution in [-0.2, 0) is 11.2 Å². The maximum absolute atomic E-state index is 13.5. The number of benzene rings is 2. The van der Waals surface area contributed by atoms with Crippen molar-refractivity contribution < 1.29 is 9.18 Å². The Morgan fingerprint density at radius 3 is 2.42 bits per heavy atom. The highest BCUT2D eigenvalue weighted by Crippen LogP contribution is 2.30. The van der Waals surface area contributed by atoms with Gasteiger partial charge in [0, 0.05) is 37.5 Å². The van der Waals surface area contributed by atoms with Crippen LogP contribution < -0.4 is 4.90 Å². The number of carbonyl (C=O) groups is 1. The number of hydrogen-bond acceptors (Lipinski definition) is 6. The lowest BCUT2D eigenvalue weighted by molar-refractivity contribution is -0.128. The van der Waals surface area contributed by atoms with Crippen LogP contribution in [0.1, 0.15) is 24.9 Å². The van der Waals surface area contributed by atoms with Crippen LogP contribution >= 0.6 is 11.8 Å². The first-order valence-corrected chi connectivity index (χ1v) is 13.2. The topological polar surface area (TPSA) is 67.2 Å². The van der Waals surface area contributed by atoms with Gasteiger partial charge in [-0.25, -0.2) is 19.0 Å². The Morgan fingerprint density at radius 1 is 1.00 bits per heavy atom. The molecule has 3 heterocycles. The van der Waals surface area contributed by atoms with Crippen molar-refractivity contribution in [1.82, 2.24) is 24.6 Å². The number of amides is 1. The molecule has 2 aromatic heterocycles. The van der Waals surface area contributed by atoms with Crippen molar-refractivity contribution >= 4 is 34.5 Å². The summed E-state index contributed by atoms with van der Waals surface area (Å²) < 4.78 is 15.3. The second-order valence-electron chi connectivity index (χ2n) is 8.86. The maximum atomic E-state index is 13.5. The van der Waals surface area contributed by atoms with Crippen molar-refractivity contribution in [3.05, 3.63) is 71.9 Å². The smallest absolute Gasteiger partial charge is 0.233 e. The lowest BCUT2D eigenvalue weighted by Gasteiger charge is -2.35. The quantitative estimate of drug-likeness (QED) is 0.341. The minimum atomic E-state index is -0.288. The van der Waals surface area contributed by atoms with Crippen molar-refractivity contribution in [3.8, 4) is 5.69 Å². The van der Waals surface area contributed by atoms with Crippen molar-refractivity contribution in [2.45, 2.75) is 31.6 Å². The highest BCUT2D eigenvalue weighted by molar-refractivity contribution is 8.00. The van der Waals surface area contributed by atoms with Gasteiger partial charge < -0.3 is 9.80 Å². The molecule has 0 aliphatic carbocycles. The highest BCUT2D eigenvalue weighted by atomic mass is 32.2. The molecule has 4 aromatic rings. The molecule has 1 amide bonds. The van der Waals surface area contributed by atoms with Gasteiger partial charge in [-0.15, -0.1) is 11.8 Å². The van der Waals surface area contributed by atoms with Gasteiger partial charge in [-0.05, 0) is 49.7 Å². The molecule has 1 saturated heterocycles. The largest absolute Gasteiger partial charge is 0.352 e. The van der Waals surface area contributed by atoms with Gasteiger partial charge in [0.1, 0.15) is 17.5 Å². The molecule has 0 bridgehead atoms. The van der Waals surface area contributed by atoms with E-state index in [9.17, 15) is 9.18 Å². The molecular weight excluding hydrogens is 475 g/mol. The van der Waals surface area contributed by atoms with Gasteiger partial charge in [0.2, 0.25) is 5.91 Å². The fraction of sp³-hybridized carbons (Fsp3) is 0.333. The average Bonchev–Trinajstić information content (AvgIpc) is 3.24. The van der Waals surface area contributed by atoms with Crippen LogP contribution in [0.15, 0.2) is 59.5 Å². The number of halogens is 1. The van der Waals surface area contributed by atoms with Gasteiger partial charge >= 0.3 is 0 Å². The molecule has 0 saturated carbocycles. The Kier molecular flexibility index (Phi) is 7.18. The van der Waals surface area contributed by atoms with E-state index in [1.165, 1.54) is 12.1 Å². The Labute approximate surface area is 214 Å². The van der Waals surface area contributed by atoms with Crippen LogP contribution in [0.5, 0.6) is 0 Å². The first-order valence-electron chi connectivity index (χ1n) is 12.3. The van der Waals surface area contributed by atoms with Crippen LogP contribution in [0.3, 0.4) is 0 Å². The SMILES string of the molecule is CCCc1nc(N2CCN(C(=O)CSc3ccccc3)CC2)c2c(C)nn(-c3ccc(F)cc3)c2n1. The van der Waals surface area contributed by atoms with E-state index in [1.807, 2.05) is 42.2 Å². The van der Waals surface area contributed by atoms with Gasteiger partial charge in [-0.2, -0.15) is 5.10 Å². The lowest BCUT2D eigenvalue weighted by atomic mass is 10.2. The number of aryl methyl sites for hydroxylation is 2. The summed E-state index contributed by atoms with van der Waals surface area (Å²) in [4.78, 5) is 27.9. The van der Waals surface area contributed by atoms with Crippen molar-refractivity contribution in [2.75, 3.05) is 36.8 Å². The second-order valence-corrected chi connectivity index (χ2v) is 9.90. The van der Waals surface area contributed by atoms with E-state index in [-0.39, 0.29) is 11.7 Å². The molecule has 0 N–H and O–H groups in total. The Hall–Kier alpha value is -3.46. The van der Waals surface area contributed by atoms with Crippen LogP contribution in [0, 0.1) is 12.7 Å². The van der Waals surface area contributed by atoms with Gasteiger partial charge in [-0.3, -0.25) is 4.79 Å². The summed E-state index contributed by atoms with van der Waals surface area (Å²) in [7, 11) is 0. The summed E-state index contributed by atoms with van der Waals surface area (Å²) in [5.74, 6) is 1.93. The predicted molar refractivity (Wildman–Crippen MR) is 141 cm³/mol. The van der Waals surface area contributed by atoms with Gasteiger partial charge in [-0.1, -0.05) is 25.1 Å². The van der Waals surface area contributed by atoms with E-state index in [1.54, 1.807) is 28.6 Å². The summed E-state index contributed by atoms with van der Waals surface area (Å²) in [6, 6.07) is 16.3. The van der Waals surface area contributed by atoms with Crippen LogP contribution in [0.2, 0.25) is 0 Å². The zero-order valence-electron chi connectivity index (χ0n) is 20.5. The standard InChI is InChI=1S/C27H29FN6OS/c1-3-7-23-29-26(25-19(2)31-34(27(25)30-23)21-12-10-20(28)11-13-21)33-16-14-32(15-17-33)24(35)18-36-22-8-5-4-6-9-22/h4-6,8-13H,3,7,14-18H2,1-2H3. The van der Waals surface area contributed by atoms with Crippen molar-refractivity contribution in [1.29, 1.82) is 0 Å². The van der Waals surface area contributed by atoms with E-state index in [2.05, 4.69) is 11.8 Å². The van der Waals surface area contributed by atoms with Crippen molar-refractivity contribution in [3.63, 3.8) is 0 Å². The third kappa shape index (κ3) is 5.06. The third-order valence-corrected chi connectivity index (χ3v) is 7.31. The maximum Gasteiger partial charge on any atom is 0.233 e. The Morgan fingerprint density at radius 2 is 1.72 bits per heavy atom. The second kappa shape index (κ2) is 10.7. The zero-order valence-corrected chi connectivity index (χ0v) is 21.3. The van der Waals surface area contributed by atoms with Crippen LogP contribution in [0.4, 0.5) is 10.2 Å². The molecule has 0 spiro atoms. The molecule has 186 valence electrons. The van der Waals surface area contributed by atoms with Crippen LogP contribution in [-0.4, -0.2) is 62.5 Å². The number of piperazine rings is 1. The summed E-state index contributed by atoms with van der Waals surface area (Å²) in [5.41, 5.74) is 2.31. The molecule has 5 rings (SSSR count). The number of fused-ring (bicyclic) bond motifs is 1. The van der Waals surface area contributed by atoms with Gasteiger partial charge in [0.15, 0.2) is 5.65 Å². The number of thioether (sulfide) groups is 1. The van der Waals surface area contributed by atoms with E-state index >= 15 is 0 Å². The molecule has 2 aromatic carbocycles. The fourth-order valence-electron chi connectivity index (χ4n) is 4.45. The summed E-state index contributed by atoms with van der Waals surface area (Å²) in [6.45, 7) is 6.74. The molecule has 0 unspecified atom stereocenters. The molecule has 1 fully saturated rings. The molecular formula is C27H29FN6OS. The minimum absolute atomic E-state index is 0.156. The summed E-state index contributed by atoms with van der Waals surface area (Å²) in [5, 5.41) is 5.64. The number of hydrogen-bond donors (Lipinski definition) is 0. The zero-order chi connectivity index (χ0) is 25.1.